The van der Waals surface area contributed by atoms with E-state index in [1.165, 1.54) is 12.1 Å². The van der Waals surface area contributed by atoms with Crippen molar-refractivity contribution in [2.24, 2.45) is 0 Å². The van der Waals surface area contributed by atoms with Crippen molar-refractivity contribution in [2.45, 2.75) is 19.0 Å². The SMILES string of the molecule is C=CCCc1cc(F)c(C(F)(F)Oc2ccc3c(F)c(F)ccc3c2)c(F)c1. The molecule has 0 atom stereocenters. The molecule has 3 aromatic rings. The monoisotopic (exact) mass is 396 g/mol. The molecular formula is C21H14F6O. The van der Waals surface area contributed by atoms with Crippen LogP contribution < -0.4 is 4.74 Å². The summed E-state index contributed by atoms with van der Waals surface area (Å²) < 4.78 is 88.6. The Hall–Kier alpha value is -2.96. The quantitative estimate of drug-likeness (QED) is 0.335. The number of allylic oxidation sites excluding steroid dienone is 1. The lowest BCUT2D eigenvalue weighted by Crippen LogP contribution is -2.25. The number of rotatable bonds is 6. The van der Waals surface area contributed by atoms with E-state index in [1.54, 1.807) is 0 Å². The topological polar surface area (TPSA) is 9.23 Å². The predicted molar refractivity (Wildman–Crippen MR) is 93.3 cm³/mol. The lowest BCUT2D eigenvalue weighted by Gasteiger charge is -2.20. The molecule has 1 nitrogen and oxygen atoms in total. The minimum Gasteiger partial charge on any atom is -0.429 e. The van der Waals surface area contributed by atoms with Crippen LogP contribution >= 0.6 is 0 Å². The van der Waals surface area contributed by atoms with Gasteiger partial charge in [-0.05, 0) is 60.2 Å². The van der Waals surface area contributed by atoms with Crippen molar-refractivity contribution in [1.29, 1.82) is 0 Å². The Labute approximate surface area is 156 Å². The van der Waals surface area contributed by atoms with Crippen LogP contribution in [0, 0.1) is 23.3 Å². The van der Waals surface area contributed by atoms with Crippen molar-refractivity contribution < 1.29 is 31.1 Å². The molecule has 0 bridgehead atoms. The van der Waals surface area contributed by atoms with Crippen LogP contribution in [0.5, 0.6) is 5.75 Å². The maximum absolute atomic E-state index is 14.4. The van der Waals surface area contributed by atoms with Crippen molar-refractivity contribution in [3.8, 4) is 5.75 Å². The standard InChI is InChI=1S/C21H14F6O/c1-2-3-4-12-9-17(23)19(18(24)10-12)21(26,27)28-14-6-7-15-13(11-14)5-8-16(22)20(15)25/h2,5-11H,1,3-4H2. The lowest BCUT2D eigenvalue weighted by molar-refractivity contribution is -0.189. The molecule has 0 heterocycles. The van der Waals surface area contributed by atoms with Crippen LogP contribution in [-0.4, -0.2) is 0 Å². The van der Waals surface area contributed by atoms with Gasteiger partial charge in [-0.1, -0.05) is 12.1 Å². The first-order valence-corrected chi connectivity index (χ1v) is 8.27. The van der Waals surface area contributed by atoms with Crippen molar-refractivity contribution in [1.82, 2.24) is 0 Å². The average Bonchev–Trinajstić information content (AvgIpc) is 2.62. The van der Waals surface area contributed by atoms with E-state index in [1.807, 2.05) is 0 Å². The van der Waals surface area contributed by atoms with Gasteiger partial charge in [-0.3, -0.25) is 0 Å². The number of alkyl halides is 2. The molecule has 0 radical (unpaired) electrons. The molecule has 0 aromatic heterocycles. The molecular weight excluding hydrogens is 382 g/mol. The van der Waals surface area contributed by atoms with E-state index in [-0.39, 0.29) is 22.8 Å². The third kappa shape index (κ3) is 3.83. The van der Waals surface area contributed by atoms with Crippen molar-refractivity contribution >= 4 is 10.8 Å². The van der Waals surface area contributed by atoms with E-state index in [9.17, 15) is 26.3 Å². The highest BCUT2D eigenvalue weighted by Gasteiger charge is 2.41. The highest BCUT2D eigenvalue weighted by Crippen LogP contribution is 2.36. The van der Waals surface area contributed by atoms with Gasteiger partial charge in [0.05, 0.1) is 0 Å². The van der Waals surface area contributed by atoms with E-state index < -0.39 is 40.7 Å². The molecule has 28 heavy (non-hydrogen) atoms. The minimum atomic E-state index is -4.32. The van der Waals surface area contributed by atoms with Crippen LogP contribution in [0.4, 0.5) is 26.3 Å². The average molecular weight is 396 g/mol. The fourth-order valence-electron chi connectivity index (χ4n) is 2.82. The summed E-state index contributed by atoms with van der Waals surface area (Å²) in [5, 5.41) is -0.0486. The highest BCUT2D eigenvalue weighted by molar-refractivity contribution is 5.84. The molecule has 0 saturated carbocycles. The molecule has 0 amide bonds. The third-order valence-electron chi connectivity index (χ3n) is 4.15. The Morgan fingerprint density at radius 2 is 1.57 bits per heavy atom. The molecule has 0 spiro atoms. The summed E-state index contributed by atoms with van der Waals surface area (Å²) in [7, 11) is 0. The van der Waals surface area contributed by atoms with Gasteiger partial charge in [-0.2, -0.15) is 8.78 Å². The largest absolute Gasteiger partial charge is 0.432 e. The number of benzene rings is 3. The van der Waals surface area contributed by atoms with E-state index in [4.69, 9.17) is 0 Å². The number of ether oxygens (including phenoxy) is 1. The Kier molecular flexibility index (Phi) is 5.36. The second-order valence-corrected chi connectivity index (χ2v) is 6.12. The van der Waals surface area contributed by atoms with E-state index in [0.717, 1.165) is 36.4 Å². The molecule has 0 aliphatic carbocycles. The van der Waals surface area contributed by atoms with Crippen LogP contribution in [0.2, 0.25) is 0 Å². The maximum atomic E-state index is 14.4. The highest BCUT2D eigenvalue weighted by atomic mass is 19.3. The molecule has 7 heteroatoms. The van der Waals surface area contributed by atoms with E-state index >= 15 is 0 Å². The molecule has 0 aliphatic rings. The van der Waals surface area contributed by atoms with Crippen LogP contribution in [0.1, 0.15) is 17.5 Å². The zero-order valence-electron chi connectivity index (χ0n) is 14.4. The van der Waals surface area contributed by atoms with Gasteiger partial charge in [0.15, 0.2) is 11.6 Å². The normalized spacial score (nSPS) is 11.6. The summed E-state index contributed by atoms with van der Waals surface area (Å²) in [5.74, 6) is -5.58. The number of hydrogen-bond acceptors (Lipinski definition) is 1. The van der Waals surface area contributed by atoms with Gasteiger partial charge in [0, 0.05) is 5.39 Å². The second-order valence-electron chi connectivity index (χ2n) is 6.12. The summed E-state index contributed by atoms with van der Waals surface area (Å²) in [4.78, 5) is 0. The van der Waals surface area contributed by atoms with Crippen molar-refractivity contribution in [3.63, 3.8) is 0 Å². The minimum absolute atomic E-state index is 0.0907. The summed E-state index contributed by atoms with van der Waals surface area (Å²) in [6, 6.07) is 6.68. The first-order chi connectivity index (χ1) is 13.2. The zero-order chi connectivity index (χ0) is 20.5. The predicted octanol–water partition coefficient (Wildman–Crippen LogP) is 6.64. The molecule has 3 aromatic carbocycles. The third-order valence-corrected chi connectivity index (χ3v) is 4.15. The number of hydrogen-bond donors (Lipinski definition) is 0. The van der Waals surface area contributed by atoms with Crippen LogP contribution in [0.15, 0.2) is 55.1 Å². The molecule has 3 rings (SSSR count). The Balaban J connectivity index is 1.94. The van der Waals surface area contributed by atoms with Gasteiger partial charge >= 0.3 is 6.11 Å². The second kappa shape index (κ2) is 7.58. The van der Waals surface area contributed by atoms with E-state index in [0.29, 0.717) is 6.42 Å². The zero-order valence-corrected chi connectivity index (χ0v) is 14.4. The molecule has 0 fully saturated rings. The van der Waals surface area contributed by atoms with Gasteiger partial charge in [0.1, 0.15) is 22.9 Å². The van der Waals surface area contributed by atoms with Gasteiger partial charge in [-0.25, -0.2) is 17.6 Å². The molecule has 146 valence electrons. The fraction of sp³-hybridized carbons (Fsp3) is 0.143. The lowest BCUT2D eigenvalue weighted by atomic mass is 10.1. The van der Waals surface area contributed by atoms with Gasteiger partial charge < -0.3 is 4.74 Å². The summed E-state index contributed by atoms with van der Waals surface area (Å²) in [6.07, 6.45) is -2.11. The van der Waals surface area contributed by atoms with E-state index in [2.05, 4.69) is 11.3 Å². The number of aryl methyl sites for hydroxylation is 1. The summed E-state index contributed by atoms with van der Waals surface area (Å²) in [6.45, 7) is 3.48. The number of fused-ring (bicyclic) bond motifs is 1. The first-order valence-electron chi connectivity index (χ1n) is 8.27. The molecule has 0 unspecified atom stereocenters. The summed E-state index contributed by atoms with van der Waals surface area (Å²) in [5.41, 5.74) is -1.32. The van der Waals surface area contributed by atoms with Crippen LogP contribution in [0.25, 0.3) is 10.8 Å². The maximum Gasteiger partial charge on any atom is 0.432 e. The van der Waals surface area contributed by atoms with Crippen molar-refractivity contribution in [2.75, 3.05) is 0 Å². The number of halogens is 6. The van der Waals surface area contributed by atoms with Gasteiger partial charge in [0.25, 0.3) is 0 Å². The first kappa shape index (κ1) is 19.8. The van der Waals surface area contributed by atoms with Gasteiger partial charge in [0.2, 0.25) is 0 Å². The molecule has 0 aliphatic heterocycles. The van der Waals surface area contributed by atoms with Crippen molar-refractivity contribution in [3.05, 3.63) is 89.5 Å². The smallest absolute Gasteiger partial charge is 0.429 e. The Morgan fingerprint density at radius 1 is 0.893 bits per heavy atom. The Morgan fingerprint density at radius 3 is 2.21 bits per heavy atom. The Bertz CT molecular complexity index is 1020. The summed E-state index contributed by atoms with van der Waals surface area (Å²) >= 11 is 0. The fourth-order valence-corrected chi connectivity index (χ4v) is 2.82. The molecule has 0 N–H and O–H groups in total. The van der Waals surface area contributed by atoms with Gasteiger partial charge in [-0.15, -0.1) is 6.58 Å². The molecule has 0 saturated heterocycles. The van der Waals surface area contributed by atoms with Crippen LogP contribution in [-0.2, 0) is 12.5 Å². The van der Waals surface area contributed by atoms with Crippen LogP contribution in [0.3, 0.4) is 0 Å².